The van der Waals surface area contributed by atoms with Crippen LogP contribution in [-0.2, 0) is 9.53 Å². The van der Waals surface area contributed by atoms with E-state index in [2.05, 4.69) is 14.8 Å². The number of pyridine rings is 1. The van der Waals surface area contributed by atoms with Crippen LogP contribution in [0.25, 0.3) is 0 Å². The molecule has 1 atom stereocenters. The number of aromatic nitrogens is 1. The Morgan fingerprint density at radius 3 is 2.55 bits per heavy atom. The summed E-state index contributed by atoms with van der Waals surface area (Å²) >= 11 is 0. The van der Waals surface area contributed by atoms with Crippen LogP contribution >= 0.6 is 0 Å². The van der Waals surface area contributed by atoms with Crippen LogP contribution in [0.4, 0.5) is 0 Å². The molecule has 1 unspecified atom stereocenters. The highest BCUT2D eigenvalue weighted by molar-refractivity contribution is 5.93. The van der Waals surface area contributed by atoms with Crippen molar-refractivity contribution in [2.24, 2.45) is 5.92 Å². The van der Waals surface area contributed by atoms with Gasteiger partial charge >= 0.3 is 0 Å². The predicted molar refractivity (Wildman–Crippen MR) is 116 cm³/mol. The van der Waals surface area contributed by atoms with Gasteiger partial charge in [-0.2, -0.15) is 0 Å². The summed E-state index contributed by atoms with van der Waals surface area (Å²) in [7, 11) is 3.40. The van der Waals surface area contributed by atoms with E-state index in [4.69, 9.17) is 9.47 Å². The Kier molecular flexibility index (Phi) is 7.07. The molecule has 1 aromatic rings. The zero-order valence-electron chi connectivity index (χ0n) is 18.7. The van der Waals surface area contributed by atoms with Crippen molar-refractivity contribution in [1.82, 2.24) is 19.7 Å². The summed E-state index contributed by atoms with van der Waals surface area (Å²) in [6.07, 6.45) is 6.69. The van der Waals surface area contributed by atoms with Gasteiger partial charge in [-0.1, -0.05) is 0 Å². The van der Waals surface area contributed by atoms with Crippen LogP contribution in [0.3, 0.4) is 0 Å². The summed E-state index contributed by atoms with van der Waals surface area (Å²) < 4.78 is 10.7. The van der Waals surface area contributed by atoms with Crippen molar-refractivity contribution in [3.63, 3.8) is 0 Å². The number of hydrogen-bond donors (Lipinski definition) is 0. The van der Waals surface area contributed by atoms with Crippen LogP contribution in [0, 0.1) is 5.92 Å². The van der Waals surface area contributed by atoms with Crippen molar-refractivity contribution in [3.05, 3.63) is 23.9 Å². The van der Waals surface area contributed by atoms with Gasteiger partial charge in [0.1, 0.15) is 0 Å². The standard InChI is InChI=1S/C23H34N4O4/c1-25(22(28)18-5-6-21(30-2)24-15-18)11-12-27(19-8-13-31-14-9-19)20-7-10-26(16-20)23(29)17-3-4-17/h5-6,15,17,19-20H,3-4,7-14,16H2,1-2H3. The molecule has 0 aromatic carbocycles. The average Bonchev–Trinajstić information content (AvgIpc) is 3.56. The lowest BCUT2D eigenvalue weighted by atomic mass is 10.0. The Morgan fingerprint density at radius 2 is 1.90 bits per heavy atom. The largest absolute Gasteiger partial charge is 0.481 e. The third-order valence-electron chi connectivity index (χ3n) is 6.76. The van der Waals surface area contributed by atoms with E-state index in [1.807, 2.05) is 7.05 Å². The summed E-state index contributed by atoms with van der Waals surface area (Å²) in [4.78, 5) is 35.9. The Hall–Kier alpha value is -2.19. The molecule has 1 aromatic heterocycles. The molecule has 8 nitrogen and oxygen atoms in total. The number of likely N-dealkylation sites (tertiary alicyclic amines) is 1. The number of methoxy groups -OCH3 is 1. The summed E-state index contributed by atoms with van der Waals surface area (Å²) in [6.45, 7) is 4.66. The number of likely N-dealkylation sites (N-methyl/N-ethyl adjacent to an activating group) is 1. The smallest absolute Gasteiger partial charge is 0.255 e. The molecular weight excluding hydrogens is 396 g/mol. The number of carbonyl (C=O) groups excluding carboxylic acids is 2. The Balaban J connectivity index is 1.37. The van der Waals surface area contributed by atoms with Gasteiger partial charge in [-0.05, 0) is 38.2 Å². The van der Waals surface area contributed by atoms with Crippen molar-refractivity contribution >= 4 is 11.8 Å². The lowest BCUT2D eigenvalue weighted by Gasteiger charge is -2.39. The van der Waals surface area contributed by atoms with Crippen LogP contribution in [0.5, 0.6) is 5.88 Å². The minimum atomic E-state index is -0.0426. The number of carbonyl (C=O) groups is 2. The second-order valence-electron chi connectivity index (χ2n) is 8.90. The topological polar surface area (TPSA) is 75.2 Å². The van der Waals surface area contributed by atoms with Crippen LogP contribution in [0.15, 0.2) is 18.3 Å². The first-order valence-electron chi connectivity index (χ1n) is 11.4. The van der Waals surface area contributed by atoms with Crippen molar-refractivity contribution in [3.8, 4) is 5.88 Å². The summed E-state index contributed by atoms with van der Waals surface area (Å²) in [5.74, 6) is 1.07. The van der Waals surface area contributed by atoms with Gasteiger partial charge in [0.2, 0.25) is 11.8 Å². The van der Waals surface area contributed by atoms with Gasteiger partial charge in [-0.15, -0.1) is 0 Å². The fraction of sp³-hybridized carbons (Fsp3) is 0.696. The highest BCUT2D eigenvalue weighted by atomic mass is 16.5. The highest BCUT2D eigenvalue weighted by Gasteiger charge is 2.39. The number of nitrogens with zero attached hydrogens (tertiary/aromatic N) is 4. The zero-order valence-corrected chi connectivity index (χ0v) is 18.7. The van der Waals surface area contributed by atoms with Crippen LogP contribution in [0.2, 0.25) is 0 Å². The van der Waals surface area contributed by atoms with Crippen molar-refractivity contribution in [2.45, 2.75) is 44.2 Å². The molecule has 31 heavy (non-hydrogen) atoms. The van der Waals surface area contributed by atoms with E-state index in [0.717, 1.165) is 65.0 Å². The first-order chi connectivity index (χ1) is 15.1. The second kappa shape index (κ2) is 9.96. The second-order valence-corrected chi connectivity index (χ2v) is 8.90. The van der Waals surface area contributed by atoms with Crippen molar-refractivity contribution in [1.29, 1.82) is 0 Å². The molecule has 0 bridgehead atoms. The minimum Gasteiger partial charge on any atom is -0.481 e. The summed E-state index contributed by atoms with van der Waals surface area (Å²) in [6, 6.07) is 4.26. The van der Waals surface area contributed by atoms with Crippen molar-refractivity contribution in [2.75, 3.05) is 53.6 Å². The van der Waals surface area contributed by atoms with Gasteiger partial charge in [0.15, 0.2) is 0 Å². The van der Waals surface area contributed by atoms with Gasteiger partial charge in [-0.3, -0.25) is 14.5 Å². The molecular formula is C23H34N4O4. The van der Waals surface area contributed by atoms with E-state index in [1.165, 1.54) is 0 Å². The molecule has 1 aliphatic carbocycles. The molecule has 8 heteroatoms. The van der Waals surface area contributed by atoms with E-state index in [1.54, 1.807) is 30.3 Å². The third kappa shape index (κ3) is 5.36. The van der Waals surface area contributed by atoms with Crippen LogP contribution in [-0.4, -0.2) is 97.1 Å². The third-order valence-corrected chi connectivity index (χ3v) is 6.76. The van der Waals surface area contributed by atoms with E-state index < -0.39 is 0 Å². The van der Waals surface area contributed by atoms with Gasteiger partial charge < -0.3 is 19.3 Å². The fourth-order valence-electron chi connectivity index (χ4n) is 4.70. The number of hydrogen-bond acceptors (Lipinski definition) is 6. The SMILES string of the molecule is COc1ccc(C(=O)N(C)CCN(C2CCOCC2)C2CCN(C(=O)C3CC3)C2)cn1. The number of rotatable bonds is 8. The van der Waals surface area contributed by atoms with E-state index in [-0.39, 0.29) is 11.8 Å². The zero-order chi connectivity index (χ0) is 21.8. The predicted octanol–water partition coefficient (Wildman–Crippen LogP) is 1.65. The molecule has 3 fully saturated rings. The maximum Gasteiger partial charge on any atom is 0.255 e. The monoisotopic (exact) mass is 430 g/mol. The Labute approximate surface area is 184 Å². The quantitative estimate of drug-likeness (QED) is 0.624. The van der Waals surface area contributed by atoms with Gasteiger partial charge in [-0.25, -0.2) is 4.98 Å². The lowest BCUT2D eigenvalue weighted by Crippen LogP contribution is -2.50. The molecule has 3 heterocycles. The van der Waals surface area contributed by atoms with E-state index in [9.17, 15) is 9.59 Å². The fourth-order valence-corrected chi connectivity index (χ4v) is 4.70. The molecule has 0 spiro atoms. The maximum atomic E-state index is 12.8. The first-order valence-corrected chi connectivity index (χ1v) is 11.4. The Morgan fingerprint density at radius 1 is 1.13 bits per heavy atom. The first kappa shape index (κ1) is 22.0. The van der Waals surface area contributed by atoms with E-state index in [0.29, 0.717) is 36.0 Å². The number of ether oxygens (including phenoxy) is 2. The minimum absolute atomic E-state index is 0.0426. The maximum absolute atomic E-state index is 12.8. The van der Waals surface area contributed by atoms with E-state index >= 15 is 0 Å². The van der Waals surface area contributed by atoms with Crippen LogP contribution in [0.1, 0.15) is 42.5 Å². The molecule has 4 rings (SSSR count). The molecule has 0 N–H and O–H groups in total. The highest BCUT2D eigenvalue weighted by Crippen LogP contribution is 2.33. The number of amides is 2. The summed E-state index contributed by atoms with van der Waals surface area (Å²) in [5.41, 5.74) is 0.558. The van der Waals surface area contributed by atoms with Crippen LogP contribution < -0.4 is 4.74 Å². The molecule has 170 valence electrons. The Bertz CT molecular complexity index is 761. The molecule has 2 amide bonds. The summed E-state index contributed by atoms with van der Waals surface area (Å²) in [5, 5.41) is 0. The molecule has 2 saturated heterocycles. The molecule has 2 aliphatic heterocycles. The average molecular weight is 431 g/mol. The van der Waals surface area contributed by atoms with Gasteiger partial charge in [0.05, 0.1) is 12.7 Å². The van der Waals surface area contributed by atoms with Gasteiger partial charge in [0, 0.05) is 76.7 Å². The molecule has 0 radical (unpaired) electrons. The normalized spacial score (nSPS) is 22.0. The molecule has 1 saturated carbocycles. The van der Waals surface area contributed by atoms with Crippen molar-refractivity contribution < 1.29 is 19.1 Å². The molecule has 3 aliphatic rings. The lowest BCUT2D eigenvalue weighted by molar-refractivity contribution is -0.131. The van der Waals surface area contributed by atoms with Gasteiger partial charge in [0.25, 0.3) is 5.91 Å².